The van der Waals surface area contributed by atoms with E-state index in [1.807, 2.05) is 6.08 Å². The van der Waals surface area contributed by atoms with Crippen molar-refractivity contribution in [3.63, 3.8) is 0 Å². The molecule has 0 aromatic rings. The van der Waals surface area contributed by atoms with Gasteiger partial charge >= 0.3 is 0 Å². The van der Waals surface area contributed by atoms with E-state index >= 15 is 0 Å². The molecule has 0 amide bonds. The van der Waals surface area contributed by atoms with Crippen LogP contribution in [0.3, 0.4) is 0 Å². The van der Waals surface area contributed by atoms with Crippen molar-refractivity contribution < 1.29 is 9.53 Å². The van der Waals surface area contributed by atoms with Crippen molar-refractivity contribution >= 4 is 30.9 Å². The topological polar surface area (TPSA) is 29.5 Å². The second-order valence-electron chi connectivity index (χ2n) is 6.32. The van der Waals surface area contributed by atoms with Crippen LogP contribution in [0, 0.1) is 0 Å². The largest absolute Gasteiger partial charge is 0.413 e. The minimum Gasteiger partial charge on any atom is -0.413 e. The lowest BCUT2D eigenvalue weighted by Crippen LogP contribution is -2.46. The van der Waals surface area contributed by atoms with E-state index in [0.29, 0.717) is 3.92 Å². The number of aliphatic hydroxyl groups is 1. The van der Waals surface area contributed by atoms with E-state index in [-0.39, 0.29) is 17.7 Å². The van der Waals surface area contributed by atoms with Crippen LogP contribution in [0.2, 0.25) is 18.1 Å². The van der Waals surface area contributed by atoms with Gasteiger partial charge in [-0.05, 0) is 37.4 Å². The third-order valence-corrected chi connectivity index (χ3v) is 9.62. The van der Waals surface area contributed by atoms with Gasteiger partial charge in [0.15, 0.2) is 8.32 Å². The molecule has 0 aromatic carbocycles. The summed E-state index contributed by atoms with van der Waals surface area (Å²) in [5, 5.41) is 9.17. The molecular formula is C14H29IO2Si. The summed E-state index contributed by atoms with van der Waals surface area (Å²) >= 11 is 2.46. The number of alkyl halides is 1. The summed E-state index contributed by atoms with van der Waals surface area (Å²) in [4.78, 5) is 0. The zero-order valence-corrected chi connectivity index (χ0v) is 15.7. The Morgan fingerprint density at radius 1 is 1.39 bits per heavy atom. The van der Waals surface area contributed by atoms with E-state index < -0.39 is 8.32 Å². The standard InChI is InChI=1S/C14H29IO2Si/c1-7-9-13(12(15)10-8-11-16)17-18(5,6)14(2,3)4/h7,12-13,16H,1,8-11H2,2-6H3/t12-,13+/m1/s1. The molecule has 0 aromatic heterocycles. The molecule has 0 rings (SSSR count). The van der Waals surface area contributed by atoms with Crippen molar-refractivity contribution in [3.8, 4) is 0 Å². The Hall–Kier alpha value is 0.607. The number of hydrogen-bond acceptors (Lipinski definition) is 2. The van der Waals surface area contributed by atoms with Crippen LogP contribution in [0.5, 0.6) is 0 Å². The van der Waals surface area contributed by atoms with Gasteiger partial charge in [-0.15, -0.1) is 6.58 Å². The summed E-state index contributed by atoms with van der Waals surface area (Å²) in [5.74, 6) is 0. The fourth-order valence-electron chi connectivity index (χ4n) is 1.46. The highest BCUT2D eigenvalue weighted by atomic mass is 127. The predicted octanol–water partition coefficient (Wildman–Crippen LogP) is 4.53. The first kappa shape index (κ1) is 18.6. The lowest BCUT2D eigenvalue weighted by molar-refractivity contribution is 0.176. The van der Waals surface area contributed by atoms with Gasteiger partial charge in [0.25, 0.3) is 0 Å². The first-order valence-electron chi connectivity index (χ1n) is 6.69. The molecule has 18 heavy (non-hydrogen) atoms. The second-order valence-corrected chi connectivity index (χ2v) is 12.7. The van der Waals surface area contributed by atoms with E-state index in [4.69, 9.17) is 9.53 Å². The van der Waals surface area contributed by atoms with Crippen LogP contribution >= 0.6 is 22.6 Å². The second kappa shape index (κ2) is 8.02. The molecule has 0 spiro atoms. The van der Waals surface area contributed by atoms with Crippen LogP contribution in [0.4, 0.5) is 0 Å². The number of halogens is 1. The molecule has 0 aliphatic rings. The zero-order valence-electron chi connectivity index (χ0n) is 12.5. The van der Waals surface area contributed by atoms with Crippen LogP contribution in [0.1, 0.15) is 40.0 Å². The number of hydrogen-bond donors (Lipinski definition) is 1. The van der Waals surface area contributed by atoms with E-state index in [1.165, 1.54) is 0 Å². The van der Waals surface area contributed by atoms with Crippen molar-refractivity contribution in [2.45, 2.75) is 68.2 Å². The van der Waals surface area contributed by atoms with E-state index in [0.717, 1.165) is 19.3 Å². The highest BCUT2D eigenvalue weighted by Gasteiger charge is 2.39. The fourth-order valence-corrected chi connectivity index (χ4v) is 3.99. The molecule has 0 radical (unpaired) electrons. The highest BCUT2D eigenvalue weighted by Crippen LogP contribution is 2.38. The average Bonchev–Trinajstić information content (AvgIpc) is 2.23. The lowest BCUT2D eigenvalue weighted by Gasteiger charge is -2.40. The first-order chi connectivity index (χ1) is 8.15. The maximum atomic E-state index is 8.93. The third kappa shape index (κ3) is 6.17. The Labute approximate surface area is 127 Å². The Kier molecular flexibility index (Phi) is 8.29. The summed E-state index contributed by atoms with van der Waals surface area (Å²) in [6, 6.07) is 0. The molecule has 0 fully saturated rings. The monoisotopic (exact) mass is 384 g/mol. The van der Waals surface area contributed by atoms with Gasteiger partial charge in [-0.25, -0.2) is 0 Å². The van der Waals surface area contributed by atoms with Gasteiger partial charge < -0.3 is 9.53 Å². The highest BCUT2D eigenvalue weighted by molar-refractivity contribution is 14.1. The minimum atomic E-state index is -1.72. The van der Waals surface area contributed by atoms with Gasteiger partial charge in [-0.1, -0.05) is 49.4 Å². The summed E-state index contributed by atoms with van der Waals surface area (Å²) in [6.45, 7) is 15.5. The molecule has 0 heterocycles. The Bertz CT molecular complexity index is 249. The van der Waals surface area contributed by atoms with E-state index in [1.54, 1.807) is 0 Å². The predicted molar refractivity (Wildman–Crippen MR) is 91.0 cm³/mol. The fraction of sp³-hybridized carbons (Fsp3) is 0.857. The molecule has 0 aliphatic heterocycles. The summed E-state index contributed by atoms with van der Waals surface area (Å²) < 4.78 is 6.93. The summed E-state index contributed by atoms with van der Waals surface area (Å²) in [6.07, 6.45) is 4.93. The quantitative estimate of drug-likeness (QED) is 0.288. The van der Waals surface area contributed by atoms with Crippen molar-refractivity contribution in [1.29, 1.82) is 0 Å². The molecule has 2 atom stereocenters. The Balaban J connectivity index is 4.66. The van der Waals surface area contributed by atoms with Gasteiger partial charge in [-0.2, -0.15) is 0 Å². The maximum absolute atomic E-state index is 8.93. The summed E-state index contributed by atoms with van der Waals surface area (Å²) in [7, 11) is -1.72. The molecule has 108 valence electrons. The summed E-state index contributed by atoms with van der Waals surface area (Å²) in [5.41, 5.74) is 0. The van der Waals surface area contributed by atoms with Crippen molar-refractivity contribution in [2.24, 2.45) is 0 Å². The first-order valence-corrected chi connectivity index (χ1v) is 10.8. The zero-order chi connectivity index (χ0) is 14.4. The van der Waals surface area contributed by atoms with Crippen molar-refractivity contribution in [2.75, 3.05) is 6.61 Å². The average molecular weight is 384 g/mol. The van der Waals surface area contributed by atoms with Gasteiger partial charge in [0.05, 0.1) is 6.10 Å². The SMILES string of the molecule is C=CC[C@H](O[Si](C)(C)C(C)(C)C)[C@H](I)CCCO. The molecule has 0 saturated carbocycles. The van der Waals surface area contributed by atoms with Gasteiger partial charge in [0.2, 0.25) is 0 Å². The molecule has 0 unspecified atom stereocenters. The number of rotatable bonds is 8. The van der Waals surface area contributed by atoms with Crippen molar-refractivity contribution in [1.82, 2.24) is 0 Å². The van der Waals surface area contributed by atoms with Gasteiger partial charge in [0, 0.05) is 10.5 Å². The maximum Gasteiger partial charge on any atom is 0.192 e. The van der Waals surface area contributed by atoms with Crippen LogP contribution in [-0.2, 0) is 4.43 Å². The van der Waals surface area contributed by atoms with E-state index in [2.05, 4.69) is 63.0 Å². The molecule has 2 nitrogen and oxygen atoms in total. The minimum absolute atomic E-state index is 0.232. The molecular weight excluding hydrogens is 355 g/mol. The molecule has 1 N–H and O–H groups in total. The normalized spacial score (nSPS) is 16.4. The Morgan fingerprint density at radius 2 is 1.94 bits per heavy atom. The van der Waals surface area contributed by atoms with Gasteiger partial charge in [-0.3, -0.25) is 0 Å². The van der Waals surface area contributed by atoms with Crippen molar-refractivity contribution in [3.05, 3.63) is 12.7 Å². The molecule has 0 saturated heterocycles. The lowest BCUT2D eigenvalue weighted by atomic mass is 10.1. The van der Waals surface area contributed by atoms with Crippen LogP contribution in [-0.4, -0.2) is 30.1 Å². The van der Waals surface area contributed by atoms with Crippen LogP contribution in [0.15, 0.2) is 12.7 Å². The number of aliphatic hydroxyl groups excluding tert-OH is 1. The Morgan fingerprint density at radius 3 is 2.33 bits per heavy atom. The molecule has 4 heteroatoms. The molecule has 0 aliphatic carbocycles. The van der Waals surface area contributed by atoms with E-state index in [9.17, 15) is 0 Å². The smallest absolute Gasteiger partial charge is 0.192 e. The van der Waals surface area contributed by atoms with Gasteiger partial charge in [0.1, 0.15) is 0 Å². The molecule has 0 bridgehead atoms. The van der Waals surface area contributed by atoms with Crippen LogP contribution < -0.4 is 0 Å². The van der Waals surface area contributed by atoms with Crippen LogP contribution in [0.25, 0.3) is 0 Å². The third-order valence-electron chi connectivity index (χ3n) is 3.69.